The molecular formula is C8H11N3O. The van der Waals surface area contributed by atoms with Crippen LogP contribution < -0.4 is 16.2 Å². The smallest absolute Gasteiger partial charge is 0.146 e. The van der Waals surface area contributed by atoms with Crippen molar-refractivity contribution in [3.63, 3.8) is 0 Å². The molecule has 0 radical (unpaired) electrons. The van der Waals surface area contributed by atoms with Crippen LogP contribution in [0.4, 0.5) is 11.4 Å². The zero-order valence-electron chi connectivity index (χ0n) is 6.82. The van der Waals surface area contributed by atoms with Crippen molar-refractivity contribution in [1.82, 2.24) is 0 Å². The molecule has 0 amide bonds. The molecule has 4 nitrogen and oxygen atoms in total. The summed E-state index contributed by atoms with van der Waals surface area (Å²) < 4.78 is 5.03. The van der Waals surface area contributed by atoms with Crippen molar-refractivity contribution in [3.8, 4) is 5.75 Å². The molecule has 0 unspecified atom stereocenters. The van der Waals surface area contributed by atoms with Gasteiger partial charge in [0.15, 0.2) is 0 Å². The lowest BCUT2D eigenvalue weighted by Gasteiger charge is -2.03. The molecule has 64 valence electrons. The summed E-state index contributed by atoms with van der Waals surface area (Å²) in [6.07, 6.45) is 1.22. The van der Waals surface area contributed by atoms with Gasteiger partial charge in [0.2, 0.25) is 0 Å². The maximum atomic E-state index is 5.54. The largest absolute Gasteiger partial charge is 0.494 e. The Kier molecular flexibility index (Phi) is 2.53. The summed E-state index contributed by atoms with van der Waals surface area (Å²) in [7, 11) is 1.56. The minimum Gasteiger partial charge on any atom is -0.494 e. The number of methoxy groups -OCH3 is 1. The predicted molar refractivity (Wildman–Crippen MR) is 49.7 cm³/mol. The first-order valence-electron chi connectivity index (χ1n) is 3.45. The van der Waals surface area contributed by atoms with E-state index in [-0.39, 0.29) is 0 Å². The maximum absolute atomic E-state index is 5.54. The lowest BCUT2D eigenvalue weighted by atomic mass is 10.2. The average Bonchev–Trinajstić information content (AvgIpc) is 2.08. The minimum absolute atomic E-state index is 0.622. The second-order valence-corrected chi connectivity index (χ2v) is 2.21. The van der Waals surface area contributed by atoms with Gasteiger partial charge in [0, 0.05) is 11.8 Å². The minimum atomic E-state index is 0.622. The highest BCUT2D eigenvalue weighted by molar-refractivity contribution is 5.66. The number of nitrogen functional groups attached to an aromatic ring is 1. The number of nitrogens with zero attached hydrogens (tertiary/aromatic N) is 1. The molecule has 0 saturated carbocycles. The molecule has 0 bridgehead atoms. The zero-order chi connectivity index (χ0) is 8.97. The normalized spacial score (nSPS) is 10.4. The van der Waals surface area contributed by atoms with Gasteiger partial charge in [0.05, 0.1) is 13.4 Å². The topological polar surface area (TPSA) is 73.6 Å². The first-order chi connectivity index (χ1) is 5.77. The third-order valence-corrected chi connectivity index (χ3v) is 1.42. The van der Waals surface area contributed by atoms with Gasteiger partial charge in [-0.05, 0) is 12.1 Å². The van der Waals surface area contributed by atoms with Crippen LogP contribution in [0.1, 0.15) is 0 Å². The molecule has 0 aromatic heterocycles. The average molecular weight is 165 g/mol. The number of anilines is 1. The maximum Gasteiger partial charge on any atom is 0.146 e. The van der Waals surface area contributed by atoms with Crippen LogP contribution >= 0.6 is 0 Å². The molecule has 0 aliphatic rings. The van der Waals surface area contributed by atoms with Gasteiger partial charge in [-0.3, -0.25) is 0 Å². The Morgan fingerprint density at radius 1 is 1.50 bits per heavy atom. The van der Waals surface area contributed by atoms with Crippen LogP contribution in [0.3, 0.4) is 0 Å². The molecule has 0 saturated heterocycles. The van der Waals surface area contributed by atoms with Crippen LogP contribution in [0.15, 0.2) is 23.2 Å². The number of nitrogens with two attached hydrogens (primary N) is 2. The van der Waals surface area contributed by atoms with Crippen molar-refractivity contribution in [2.24, 2.45) is 10.7 Å². The third kappa shape index (κ3) is 1.66. The van der Waals surface area contributed by atoms with Gasteiger partial charge in [-0.2, -0.15) is 0 Å². The van der Waals surface area contributed by atoms with Gasteiger partial charge >= 0.3 is 0 Å². The van der Waals surface area contributed by atoms with Gasteiger partial charge in [-0.1, -0.05) is 0 Å². The Hall–Kier alpha value is -1.71. The van der Waals surface area contributed by atoms with Crippen LogP contribution in [0.5, 0.6) is 5.75 Å². The van der Waals surface area contributed by atoms with E-state index in [1.807, 2.05) is 0 Å². The predicted octanol–water partition coefficient (Wildman–Crippen LogP) is 0.896. The van der Waals surface area contributed by atoms with Crippen molar-refractivity contribution in [3.05, 3.63) is 18.2 Å². The molecule has 0 spiro atoms. The molecule has 0 atom stereocenters. The second kappa shape index (κ2) is 3.61. The van der Waals surface area contributed by atoms with Crippen molar-refractivity contribution >= 4 is 17.7 Å². The van der Waals surface area contributed by atoms with Crippen molar-refractivity contribution < 1.29 is 4.74 Å². The Morgan fingerprint density at radius 2 is 2.25 bits per heavy atom. The summed E-state index contributed by atoms with van der Waals surface area (Å²) in [5.41, 5.74) is 12.0. The molecule has 0 heterocycles. The Bertz CT molecular complexity index is 296. The van der Waals surface area contributed by atoms with E-state index in [1.165, 1.54) is 6.34 Å². The second-order valence-electron chi connectivity index (χ2n) is 2.21. The Morgan fingerprint density at radius 3 is 2.83 bits per heavy atom. The van der Waals surface area contributed by atoms with Crippen molar-refractivity contribution in [2.45, 2.75) is 0 Å². The van der Waals surface area contributed by atoms with Crippen LogP contribution in [-0.4, -0.2) is 13.4 Å². The fourth-order valence-electron chi connectivity index (χ4n) is 0.881. The third-order valence-electron chi connectivity index (χ3n) is 1.42. The van der Waals surface area contributed by atoms with E-state index >= 15 is 0 Å². The molecule has 0 aliphatic carbocycles. The number of aliphatic imine (C=N–C) groups is 1. The van der Waals surface area contributed by atoms with Gasteiger partial charge in [-0.25, -0.2) is 4.99 Å². The van der Waals surface area contributed by atoms with Crippen LogP contribution in [0.2, 0.25) is 0 Å². The number of hydrogen-bond acceptors (Lipinski definition) is 3. The monoisotopic (exact) mass is 165 g/mol. The highest BCUT2D eigenvalue weighted by Crippen LogP contribution is 2.28. The molecule has 4 heteroatoms. The van der Waals surface area contributed by atoms with E-state index in [2.05, 4.69) is 4.99 Å². The Balaban J connectivity index is 3.10. The number of ether oxygens (including phenoxy) is 1. The van der Waals surface area contributed by atoms with E-state index in [0.29, 0.717) is 17.1 Å². The summed E-state index contributed by atoms with van der Waals surface area (Å²) >= 11 is 0. The highest BCUT2D eigenvalue weighted by Gasteiger charge is 1.99. The van der Waals surface area contributed by atoms with Crippen LogP contribution in [0, 0.1) is 0 Å². The molecule has 12 heavy (non-hydrogen) atoms. The fraction of sp³-hybridized carbons (Fsp3) is 0.125. The zero-order valence-corrected chi connectivity index (χ0v) is 6.82. The molecule has 1 aromatic carbocycles. The van der Waals surface area contributed by atoms with Crippen LogP contribution in [0.25, 0.3) is 0 Å². The summed E-state index contributed by atoms with van der Waals surface area (Å²) in [5.74, 6) is 0.622. The lowest BCUT2D eigenvalue weighted by Crippen LogP contribution is -1.90. The quantitative estimate of drug-likeness (QED) is 0.388. The van der Waals surface area contributed by atoms with E-state index in [9.17, 15) is 0 Å². The lowest BCUT2D eigenvalue weighted by molar-refractivity contribution is 0.416. The highest BCUT2D eigenvalue weighted by atomic mass is 16.5. The van der Waals surface area contributed by atoms with Gasteiger partial charge in [0.25, 0.3) is 0 Å². The van der Waals surface area contributed by atoms with Crippen molar-refractivity contribution in [2.75, 3.05) is 12.8 Å². The molecule has 1 rings (SSSR count). The van der Waals surface area contributed by atoms with Gasteiger partial charge < -0.3 is 16.2 Å². The summed E-state index contributed by atoms with van der Waals surface area (Å²) in [6.45, 7) is 0. The Labute approximate surface area is 70.8 Å². The van der Waals surface area contributed by atoms with Gasteiger partial charge in [-0.15, -0.1) is 0 Å². The number of rotatable bonds is 2. The summed E-state index contributed by atoms with van der Waals surface area (Å²) in [6, 6.07) is 5.19. The van der Waals surface area contributed by atoms with E-state index in [1.54, 1.807) is 25.3 Å². The standard InChI is InChI=1S/C8H11N3O/c1-12-8-4-6(10)2-3-7(8)11-5-9/h2-5H,10H2,1H3,(H2,9,11). The van der Waals surface area contributed by atoms with E-state index in [4.69, 9.17) is 16.2 Å². The fourth-order valence-corrected chi connectivity index (χ4v) is 0.881. The summed E-state index contributed by atoms with van der Waals surface area (Å²) in [5, 5.41) is 0. The molecule has 1 aromatic rings. The van der Waals surface area contributed by atoms with E-state index in [0.717, 1.165) is 0 Å². The molecule has 0 fully saturated rings. The van der Waals surface area contributed by atoms with Gasteiger partial charge in [0.1, 0.15) is 11.4 Å². The first kappa shape index (κ1) is 8.39. The summed E-state index contributed by atoms with van der Waals surface area (Å²) in [4.78, 5) is 3.89. The molecular weight excluding hydrogens is 154 g/mol. The molecule has 0 aliphatic heterocycles. The number of benzene rings is 1. The SMILES string of the molecule is COc1cc(N)ccc1N=CN. The molecule has 4 N–H and O–H groups in total. The first-order valence-corrected chi connectivity index (χ1v) is 3.45. The van der Waals surface area contributed by atoms with Crippen molar-refractivity contribution in [1.29, 1.82) is 0 Å². The van der Waals surface area contributed by atoms with Crippen LogP contribution in [-0.2, 0) is 0 Å². The number of hydrogen-bond donors (Lipinski definition) is 2. The van der Waals surface area contributed by atoms with E-state index < -0.39 is 0 Å².